The van der Waals surface area contributed by atoms with E-state index in [1.54, 1.807) is 15.8 Å². The van der Waals surface area contributed by atoms with Crippen LogP contribution in [-0.2, 0) is 0 Å². The van der Waals surface area contributed by atoms with Gasteiger partial charge in [0, 0.05) is 25.3 Å². The van der Waals surface area contributed by atoms with Gasteiger partial charge in [-0.15, -0.1) is 0 Å². The minimum atomic E-state index is -0.400. The molecule has 1 fully saturated rings. The molecule has 1 unspecified atom stereocenters. The van der Waals surface area contributed by atoms with Gasteiger partial charge < -0.3 is 15.3 Å². The largest absolute Gasteiger partial charge is 0.391 e. The lowest BCUT2D eigenvalue weighted by Gasteiger charge is -2.29. The van der Waals surface area contributed by atoms with Crippen LogP contribution in [-0.4, -0.2) is 45.0 Å². The molecule has 1 saturated heterocycles. The minimum absolute atomic E-state index is 0.169. The number of aliphatic hydroxyl groups excluding tert-OH is 1. The van der Waals surface area contributed by atoms with E-state index in [9.17, 15) is 9.90 Å². The second-order valence-corrected chi connectivity index (χ2v) is 4.97. The zero-order valence-corrected chi connectivity index (χ0v) is 10.8. The summed E-state index contributed by atoms with van der Waals surface area (Å²) >= 11 is 0. The van der Waals surface area contributed by atoms with Gasteiger partial charge in [0.25, 0.3) is 0 Å². The van der Waals surface area contributed by atoms with Crippen molar-refractivity contribution >= 4 is 11.7 Å². The molecule has 1 aromatic rings. The topological polar surface area (TPSA) is 70.4 Å². The number of nitrogens with zero attached hydrogens (tertiary/aromatic N) is 3. The molecule has 2 N–H and O–H groups in total. The molecule has 0 spiro atoms. The van der Waals surface area contributed by atoms with E-state index in [-0.39, 0.29) is 12.1 Å². The molecule has 0 aliphatic carbocycles. The average Bonchev–Trinajstić information content (AvgIpc) is 2.77. The molecule has 6 nitrogen and oxygen atoms in total. The molecule has 2 heterocycles. The number of aromatic nitrogens is 2. The van der Waals surface area contributed by atoms with Crippen molar-refractivity contribution in [1.82, 2.24) is 14.7 Å². The second-order valence-electron chi connectivity index (χ2n) is 4.97. The van der Waals surface area contributed by atoms with E-state index in [1.165, 1.54) is 0 Å². The lowest BCUT2D eigenvalue weighted by molar-refractivity contribution is 0.0883. The van der Waals surface area contributed by atoms with E-state index in [4.69, 9.17) is 0 Å². The van der Waals surface area contributed by atoms with Gasteiger partial charge in [-0.25, -0.2) is 4.79 Å². The molecule has 100 valence electrons. The number of aliphatic hydroxyl groups is 1. The summed E-state index contributed by atoms with van der Waals surface area (Å²) < 4.78 is 1.79. The molecule has 0 radical (unpaired) electrons. The number of hydrogen-bond donors (Lipinski definition) is 2. The number of carbonyl (C=O) groups excluding carboxylic acids is 1. The fraction of sp³-hybridized carbons (Fsp3) is 0.667. The Morgan fingerprint density at radius 2 is 2.39 bits per heavy atom. The van der Waals surface area contributed by atoms with Gasteiger partial charge in [-0.05, 0) is 26.7 Å². The molecular weight excluding hydrogens is 232 g/mol. The van der Waals surface area contributed by atoms with Crippen LogP contribution in [0.2, 0.25) is 0 Å². The highest BCUT2D eigenvalue weighted by molar-refractivity contribution is 5.89. The van der Waals surface area contributed by atoms with Crippen LogP contribution >= 0.6 is 0 Å². The van der Waals surface area contributed by atoms with Crippen molar-refractivity contribution in [3.05, 3.63) is 12.4 Å². The van der Waals surface area contributed by atoms with Crippen LogP contribution in [0.25, 0.3) is 0 Å². The van der Waals surface area contributed by atoms with E-state index in [0.29, 0.717) is 18.8 Å². The summed E-state index contributed by atoms with van der Waals surface area (Å²) in [6, 6.07) is 0.101. The van der Waals surface area contributed by atoms with Crippen LogP contribution in [0.5, 0.6) is 0 Å². The van der Waals surface area contributed by atoms with Crippen molar-refractivity contribution in [2.45, 2.75) is 38.8 Å². The molecule has 1 aliphatic rings. The molecular formula is C12H20N4O2. The fourth-order valence-corrected chi connectivity index (χ4v) is 2.03. The zero-order chi connectivity index (χ0) is 13.1. The van der Waals surface area contributed by atoms with Gasteiger partial charge in [0.05, 0.1) is 18.0 Å². The predicted octanol–water partition coefficient (Wildman–Crippen LogP) is 1.45. The van der Waals surface area contributed by atoms with Crippen LogP contribution in [0.1, 0.15) is 32.7 Å². The Labute approximate surface area is 107 Å². The molecule has 18 heavy (non-hydrogen) atoms. The first-order valence-electron chi connectivity index (χ1n) is 6.34. The van der Waals surface area contributed by atoms with Crippen molar-refractivity contribution in [3.63, 3.8) is 0 Å². The van der Waals surface area contributed by atoms with Crippen LogP contribution in [0.15, 0.2) is 12.4 Å². The SMILES string of the molecule is CC(C)n1cc(NC(=O)N2CCCC(O)C2)cn1. The van der Waals surface area contributed by atoms with Gasteiger partial charge in [-0.1, -0.05) is 0 Å². The quantitative estimate of drug-likeness (QED) is 0.837. The summed E-state index contributed by atoms with van der Waals surface area (Å²) in [4.78, 5) is 13.6. The lowest BCUT2D eigenvalue weighted by Crippen LogP contribution is -2.44. The summed E-state index contributed by atoms with van der Waals surface area (Å²) in [7, 11) is 0. The summed E-state index contributed by atoms with van der Waals surface area (Å²) in [6.45, 7) is 5.16. The Bertz CT molecular complexity index is 416. The van der Waals surface area contributed by atoms with Crippen LogP contribution in [0.3, 0.4) is 0 Å². The Morgan fingerprint density at radius 1 is 1.61 bits per heavy atom. The Balaban J connectivity index is 1.93. The predicted molar refractivity (Wildman–Crippen MR) is 68.4 cm³/mol. The summed E-state index contributed by atoms with van der Waals surface area (Å²) in [6.07, 6.45) is 4.67. The highest BCUT2D eigenvalue weighted by Gasteiger charge is 2.22. The van der Waals surface area contributed by atoms with Gasteiger partial charge in [-0.3, -0.25) is 4.68 Å². The van der Waals surface area contributed by atoms with E-state index in [2.05, 4.69) is 10.4 Å². The number of anilines is 1. The molecule has 0 saturated carbocycles. The summed E-state index contributed by atoms with van der Waals surface area (Å²) in [5.41, 5.74) is 0.689. The van der Waals surface area contributed by atoms with Crippen molar-refractivity contribution < 1.29 is 9.90 Å². The molecule has 1 aromatic heterocycles. The number of carbonyl (C=O) groups is 1. The highest BCUT2D eigenvalue weighted by atomic mass is 16.3. The van der Waals surface area contributed by atoms with Gasteiger partial charge in [0.15, 0.2) is 0 Å². The van der Waals surface area contributed by atoms with Crippen LogP contribution in [0, 0.1) is 0 Å². The first-order chi connectivity index (χ1) is 8.56. The van der Waals surface area contributed by atoms with E-state index in [0.717, 1.165) is 12.8 Å². The van der Waals surface area contributed by atoms with Crippen molar-refractivity contribution in [3.8, 4) is 0 Å². The van der Waals surface area contributed by atoms with Gasteiger partial charge in [-0.2, -0.15) is 5.10 Å². The molecule has 1 atom stereocenters. The number of β-amino-alcohol motifs (C(OH)–C–C–N with tert-alkyl or cyclic N) is 1. The first kappa shape index (κ1) is 12.9. The lowest BCUT2D eigenvalue weighted by atomic mass is 10.1. The normalized spacial score (nSPS) is 20.2. The Morgan fingerprint density at radius 3 is 3.00 bits per heavy atom. The number of amides is 2. The third kappa shape index (κ3) is 3.01. The van der Waals surface area contributed by atoms with Crippen LogP contribution in [0.4, 0.5) is 10.5 Å². The number of likely N-dealkylation sites (tertiary alicyclic amines) is 1. The van der Waals surface area contributed by atoms with Gasteiger partial charge in [0.2, 0.25) is 0 Å². The number of rotatable bonds is 2. The van der Waals surface area contributed by atoms with Crippen molar-refractivity contribution in [2.24, 2.45) is 0 Å². The minimum Gasteiger partial charge on any atom is -0.391 e. The van der Waals surface area contributed by atoms with Gasteiger partial charge in [0.1, 0.15) is 0 Å². The third-order valence-corrected chi connectivity index (χ3v) is 3.07. The van der Waals surface area contributed by atoms with E-state index in [1.807, 2.05) is 20.0 Å². The maximum Gasteiger partial charge on any atom is 0.322 e. The molecule has 6 heteroatoms. The molecule has 2 rings (SSSR count). The first-order valence-corrected chi connectivity index (χ1v) is 6.34. The maximum absolute atomic E-state index is 12.0. The van der Waals surface area contributed by atoms with Crippen LogP contribution < -0.4 is 5.32 Å². The van der Waals surface area contributed by atoms with Crippen molar-refractivity contribution in [1.29, 1.82) is 0 Å². The fourth-order valence-electron chi connectivity index (χ4n) is 2.03. The second kappa shape index (κ2) is 5.39. The standard InChI is InChI=1S/C12H20N4O2/c1-9(2)16-7-10(6-13-16)14-12(18)15-5-3-4-11(17)8-15/h6-7,9,11,17H,3-5,8H2,1-2H3,(H,14,18). The zero-order valence-electron chi connectivity index (χ0n) is 10.8. The summed E-state index contributed by atoms with van der Waals surface area (Å²) in [5.74, 6) is 0. The highest BCUT2D eigenvalue weighted by Crippen LogP contribution is 2.14. The molecule has 0 aromatic carbocycles. The number of piperidine rings is 1. The monoisotopic (exact) mass is 252 g/mol. The number of nitrogens with one attached hydrogen (secondary N) is 1. The molecule has 0 bridgehead atoms. The Hall–Kier alpha value is -1.56. The van der Waals surface area contributed by atoms with E-state index < -0.39 is 6.10 Å². The van der Waals surface area contributed by atoms with Crippen molar-refractivity contribution in [2.75, 3.05) is 18.4 Å². The number of hydrogen-bond acceptors (Lipinski definition) is 3. The maximum atomic E-state index is 12.0. The summed E-state index contributed by atoms with van der Waals surface area (Å²) in [5, 5.41) is 16.5. The Kier molecular flexibility index (Phi) is 3.86. The van der Waals surface area contributed by atoms with E-state index >= 15 is 0 Å². The molecule has 2 amide bonds. The smallest absolute Gasteiger partial charge is 0.322 e. The third-order valence-electron chi connectivity index (χ3n) is 3.07. The number of urea groups is 1. The average molecular weight is 252 g/mol. The van der Waals surface area contributed by atoms with Gasteiger partial charge >= 0.3 is 6.03 Å². The molecule has 1 aliphatic heterocycles.